The first kappa shape index (κ1) is 11.3. The Morgan fingerprint density at radius 2 is 2.06 bits per heavy atom. The third-order valence-corrected chi connectivity index (χ3v) is 2.22. The van der Waals surface area contributed by atoms with E-state index in [2.05, 4.69) is 10.1 Å². The van der Waals surface area contributed by atoms with Gasteiger partial charge in [0.25, 0.3) is 0 Å². The van der Waals surface area contributed by atoms with Gasteiger partial charge in [-0.15, -0.1) is 0 Å². The second-order valence-electron chi connectivity index (χ2n) is 3.62. The third-order valence-electron chi connectivity index (χ3n) is 2.22. The molecule has 1 aromatic heterocycles. The van der Waals surface area contributed by atoms with E-state index in [1.54, 1.807) is 7.11 Å². The van der Waals surface area contributed by atoms with Gasteiger partial charge < -0.3 is 9.26 Å². The molecule has 0 fully saturated rings. The minimum Gasteiger partial charge on any atom is -0.497 e. The Bertz CT molecular complexity index is 517. The highest BCUT2D eigenvalue weighted by atomic mass is 16.5. The van der Waals surface area contributed by atoms with Gasteiger partial charge >= 0.3 is 0 Å². The Balaban J connectivity index is 2.21. The third kappa shape index (κ3) is 2.69. The smallest absolute Gasteiger partial charge is 0.234 e. The average molecular weight is 232 g/mol. The second kappa shape index (κ2) is 4.78. The topological polar surface area (TPSA) is 65.2 Å². The minimum absolute atomic E-state index is 0.00469. The molecule has 0 N–H and O–H groups in total. The molecule has 0 aliphatic rings. The molecule has 0 amide bonds. The number of methoxy groups -OCH3 is 1. The monoisotopic (exact) mass is 232 g/mol. The summed E-state index contributed by atoms with van der Waals surface area (Å²) in [4.78, 5) is 15.0. The summed E-state index contributed by atoms with van der Waals surface area (Å²) in [5.41, 5.74) is 0.823. The van der Waals surface area contributed by atoms with Crippen LogP contribution >= 0.6 is 0 Å². The first-order valence-electron chi connectivity index (χ1n) is 5.15. The Morgan fingerprint density at radius 1 is 1.35 bits per heavy atom. The summed E-state index contributed by atoms with van der Waals surface area (Å²) in [6.45, 7) is 1.48. The number of benzene rings is 1. The highest BCUT2D eigenvalue weighted by Gasteiger charge is 2.10. The molecule has 0 atom stereocenters. The maximum Gasteiger partial charge on any atom is 0.234 e. The predicted molar refractivity (Wildman–Crippen MR) is 60.7 cm³/mol. The number of ketones is 1. The van der Waals surface area contributed by atoms with Crippen molar-refractivity contribution < 1.29 is 14.1 Å². The number of nitrogens with zero attached hydrogens (tertiary/aromatic N) is 2. The van der Waals surface area contributed by atoms with Crippen LogP contribution in [0.5, 0.6) is 5.75 Å². The molecule has 5 heteroatoms. The van der Waals surface area contributed by atoms with Crippen LogP contribution < -0.4 is 4.74 Å². The standard InChI is InChI=1S/C12H12N2O3/c1-8(15)7-11-13-12(14-17-11)9-3-5-10(16-2)6-4-9/h3-6H,7H2,1-2H3. The van der Waals surface area contributed by atoms with Crippen LogP contribution in [0.1, 0.15) is 12.8 Å². The zero-order chi connectivity index (χ0) is 12.3. The van der Waals surface area contributed by atoms with Crippen LogP contribution in [-0.4, -0.2) is 23.0 Å². The lowest BCUT2D eigenvalue weighted by molar-refractivity contribution is -0.116. The Kier molecular flexibility index (Phi) is 3.18. The van der Waals surface area contributed by atoms with Crippen molar-refractivity contribution in [2.45, 2.75) is 13.3 Å². The summed E-state index contributed by atoms with van der Waals surface area (Å²) in [5, 5.41) is 3.82. The maximum atomic E-state index is 10.9. The van der Waals surface area contributed by atoms with Crippen molar-refractivity contribution in [3.05, 3.63) is 30.2 Å². The van der Waals surface area contributed by atoms with Crippen molar-refractivity contribution in [3.8, 4) is 17.1 Å². The van der Waals surface area contributed by atoms with E-state index >= 15 is 0 Å². The minimum atomic E-state index is -0.00469. The Morgan fingerprint density at radius 3 is 2.65 bits per heavy atom. The van der Waals surface area contributed by atoms with Gasteiger partial charge in [0.1, 0.15) is 11.5 Å². The largest absolute Gasteiger partial charge is 0.497 e. The lowest BCUT2D eigenvalue weighted by atomic mass is 10.2. The number of aromatic nitrogens is 2. The van der Waals surface area contributed by atoms with E-state index in [-0.39, 0.29) is 12.2 Å². The number of ether oxygens (including phenoxy) is 1. The first-order chi connectivity index (χ1) is 8.19. The van der Waals surface area contributed by atoms with Crippen molar-refractivity contribution in [2.24, 2.45) is 0 Å². The zero-order valence-corrected chi connectivity index (χ0v) is 9.64. The van der Waals surface area contributed by atoms with Gasteiger partial charge in [-0.1, -0.05) is 5.16 Å². The average Bonchev–Trinajstić information content (AvgIpc) is 2.77. The zero-order valence-electron chi connectivity index (χ0n) is 9.64. The number of carbonyl (C=O) groups is 1. The van der Waals surface area contributed by atoms with E-state index in [9.17, 15) is 4.79 Å². The Labute approximate surface area is 98.4 Å². The molecular formula is C12H12N2O3. The van der Waals surface area contributed by atoms with Gasteiger partial charge in [-0.2, -0.15) is 4.98 Å². The summed E-state index contributed by atoms with van der Waals surface area (Å²) in [6, 6.07) is 7.30. The van der Waals surface area contributed by atoms with Gasteiger partial charge in [-0.05, 0) is 31.2 Å². The molecule has 17 heavy (non-hydrogen) atoms. The molecule has 2 aromatic rings. The summed E-state index contributed by atoms with van der Waals surface area (Å²) >= 11 is 0. The first-order valence-corrected chi connectivity index (χ1v) is 5.15. The van der Waals surface area contributed by atoms with Gasteiger partial charge in [-0.3, -0.25) is 4.79 Å². The summed E-state index contributed by atoms with van der Waals surface area (Å²) in [5.74, 6) is 1.57. The van der Waals surface area contributed by atoms with Gasteiger partial charge in [-0.25, -0.2) is 0 Å². The SMILES string of the molecule is COc1ccc(-c2noc(CC(C)=O)n2)cc1. The van der Waals surface area contributed by atoms with Crippen LogP contribution in [0.2, 0.25) is 0 Å². The van der Waals surface area contributed by atoms with E-state index < -0.39 is 0 Å². The maximum absolute atomic E-state index is 10.9. The molecule has 0 saturated carbocycles. The van der Waals surface area contributed by atoms with Crippen LogP contribution in [0.25, 0.3) is 11.4 Å². The van der Waals surface area contributed by atoms with Crippen molar-refractivity contribution in [2.75, 3.05) is 7.11 Å². The number of rotatable bonds is 4. The van der Waals surface area contributed by atoms with Crippen LogP contribution in [0, 0.1) is 0 Å². The van der Waals surface area contributed by atoms with Crippen LogP contribution in [-0.2, 0) is 11.2 Å². The number of carbonyl (C=O) groups excluding carboxylic acids is 1. The fraction of sp³-hybridized carbons (Fsp3) is 0.250. The van der Waals surface area contributed by atoms with Crippen LogP contribution in [0.4, 0.5) is 0 Å². The van der Waals surface area contributed by atoms with Gasteiger partial charge in [0.05, 0.1) is 13.5 Å². The Hall–Kier alpha value is -2.17. The highest BCUT2D eigenvalue weighted by molar-refractivity contribution is 5.77. The quantitative estimate of drug-likeness (QED) is 0.805. The lowest BCUT2D eigenvalue weighted by Gasteiger charge is -1.98. The highest BCUT2D eigenvalue weighted by Crippen LogP contribution is 2.19. The van der Waals surface area contributed by atoms with E-state index in [1.807, 2.05) is 24.3 Å². The summed E-state index contributed by atoms with van der Waals surface area (Å²) < 4.78 is 10.0. The van der Waals surface area contributed by atoms with Crippen molar-refractivity contribution in [3.63, 3.8) is 0 Å². The molecule has 0 spiro atoms. The van der Waals surface area contributed by atoms with E-state index in [4.69, 9.17) is 9.26 Å². The molecule has 1 aromatic carbocycles. The molecule has 0 radical (unpaired) electrons. The fourth-order valence-corrected chi connectivity index (χ4v) is 1.40. The van der Waals surface area contributed by atoms with E-state index in [0.717, 1.165) is 11.3 Å². The van der Waals surface area contributed by atoms with Crippen LogP contribution in [0.15, 0.2) is 28.8 Å². The van der Waals surface area contributed by atoms with Gasteiger partial charge in [0, 0.05) is 5.56 Å². The molecule has 0 bridgehead atoms. The molecule has 1 heterocycles. The summed E-state index contributed by atoms with van der Waals surface area (Å²) in [6.07, 6.45) is 0.170. The molecule has 0 unspecified atom stereocenters. The van der Waals surface area contributed by atoms with Crippen molar-refractivity contribution >= 4 is 5.78 Å². The number of Topliss-reactive ketones (excluding diaryl/α,β-unsaturated/α-hetero) is 1. The van der Waals surface area contributed by atoms with Gasteiger partial charge in [0.2, 0.25) is 11.7 Å². The second-order valence-corrected chi connectivity index (χ2v) is 3.62. The van der Waals surface area contributed by atoms with Gasteiger partial charge in [0.15, 0.2) is 0 Å². The molecule has 0 aliphatic heterocycles. The van der Waals surface area contributed by atoms with Crippen molar-refractivity contribution in [1.29, 1.82) is 0 Å². The molecule has 88 valence electrons. The molecule has 5 nitrogen and oxygen atoms in total. The van der Waals surface area contributed by atoms with E-state index in [1.165, 1.54) is 6.92 Å². The number of hydrogen-bond donors (Lipinski definition) is 0. The molecule has 0 saturated heterocycles. The fourth-order valence-electron chi connectivity index (χ4n) is 1.40. The number of hydrogen-bond acceptors (Lipinski definition) is 5. The van der Waals surface area contributed by atoms with Crippen LogP contribution in [0.3, 0.4) is 0 Å². The molecule has 2 rings (SSSR count). The lowest BCUT2D eigenvalue weighted by Crippen LogP contribution is -1.96. The normalized spacial score (nSPS) is 10.2. The van der Waals surface area contributed by atoms with E-state index in [0.29, 0.717) is 11.7 Å². The molecular weight excluding hydrogens is 220 g/mol. The van der Waals surface area contributed by atoms with Crippen molar-refractivity contribution in [1.82, 2.24) is 10.1 Å². The molecule has 0 aliphatic carbocycles. The predicted octanol–water partition coefficient (Wildman–Crippen LogP) is 1.88. The summed E-state index contributed by atoms with van der Waals surface area (Å²) in [7, 11) is 1.61.